The van der Waals surface area contributed by atoms with Gasteiger partial charge in [0.05, 0.1) is 64.9 Å². The number of fused-ring (bicyclic) bond motifs is 1. The summed E-state index contributed by atoms with van der Waals surface area (Å²) >= 11 is 1.88. The third-order valence-corrected chi connectivity index (χ3v) is 13.9. The molecule has 0 aromatic carbocycles. The van der Waals surface area contributed by atoms with Gasteiger partial charge in [0.25, 0.3) is 21.9 Å². The van der Waals surface area contributed by atoms with Gasteiger partial charge < -0.3 is 50.8 Å². The van der Waals surface area contributed by atoms with Crippen molar-refractivity contribution in [1.29, 1.82) is 0 Å². The Hall–Kier alpha value is -3.17. The van der Waals surface area contributed by atoms with Crippen molar-refractivity contribution >= 4 is 84.9 Å². The third kappa shape index (κ3) is 21.1. The van der Waals surface area contributed by atoms with E-state index >= 15 is 0 Å². The maximum atomic E-state index is 12.4. The first-order valence-corrected chi connectivity index (χ1v) is 24.7. The van der Waals surface area contributed by atoms with E-state index in [1.165, 1.54) is 21.6 Å². The number of carbonyl (C=O) groups is 7. The maximum Gasteiger partial charge on any atom is 0.315 e. The van der Waals surface area contributed by atoms with Crippen molar-refractivity contribution in [2.45, 2.75) is 61.1 Å². The monoisotopic (exact) mass is 927 g/mol. The fourth-order valence-electron chi connectivity index (χ4n) is 5.81. The molecule has 0 radical (unpaired) electrons. The molecule has 2 fully saturated rings. The van der Waals surface area contributed by atoms with E-state index < -0.39 is 45.5 Å². The number of unbranched alkanes of at least 4 members (excludes halogenated alkanes) is 1. The van der Waals surface area contributed by atoms with Gasteiger partial charge in [-0.2, -0.15) is 20.2 Å². The van der Waals surface area contributed by atoms with Gasteiger partial charge in [-0.3, -0.25) is 38.2 Å². The standard InChI is InChI=1S/C35H57N7O14S4/c43-28(4-2-1-3-26-33-25(24-57-26)40-35(49)41-33)36-9-13-53-15-17-55-19-20-56-18-16-54-14-10-37-30(45)8-21-58-59-22-11-38-34(48)27(60(50,51)52)23-39-29(44)7-12-42-31(46)5-6-32(42)47/h5-6,25-27,33H,1-4,7-24H2,(H,36,43)(H,37,45)(H,38,48)(H,39,44)(H2,40,41,49)(H,50,51,52)/t25-,26?,27?,33-/m0/s1. The molecule has 7 N–H and O–H groups in total. The van der Waals surface area contributed by atoms with Crippen LogP contribution in [0.1, 0.15) is 38.5 Å². The molecule has 0 aromatic heterocycles. The quantitative estimate of drug-likeness (QED) is 0.0128. The van der Waals surface area contributed by atoms with Crippen LogP contribution in [0.3, 0.4) is 0 Å². The molecule has 0 bridgehead atoms. The zero-order valence-electron chi connectivity index (χ0n) is 33.4. The summed E-state index contributed by atoms with van der Waals surface area (Å²) in [6.45, 7) is 2.95. The third-order valence-electron chi connectivity index (χ3n) is 8.91. The summed E-state index contributed by atoms with van der Waals surface area (Å²) in [5.41, 5.74) is 0. The lowest BCUT2D eigenvalue weighted by molar-refractivity contribution is -0.137. The SMILES string of the molecule is O=C(CCCCC1SC[C@@H]2NC(=O)N[C@H]12)NCCOCCOCCOCCOCCNC(=O)CCSSCCNC(=O)C(CNC(=O)CCN1C(=O)C=CC1=O)S(=O)(=O)O. The largest absolute Gasteiger partial charge is 0.377 e. The average Bonchev–Trinajstić information content (AvgIpc) is 3.86. The molecule has 8 amide bonds. The molecule has 21 nitrogen and oxygen atoms in total. The van der Waals surface area contributed by atoms with Crippen LogP contribution in [0.15, 0.2) is 12.2 Å². The predicted molar refractivity (Wildman–Crippen MR) is 225 cm³/mol. The van der Waals surface area contributed by atoms with Crippen LogP contribution < -0.4 is 31.9 Å². The first-order valence-electron chi connectivity index (χ1n) is 19.7. The summed E-state index contributed by atoms with van der Waals surface area (Å²) in [5.74, 6) is -1.23. The van der Waals surface area contributed by atoms with E-state index in [4.69, 9.17) is 18.9 Å². The van der Waals surface area contributed by atoms with Gasteiger partial charge >= 0.3 is 6.03 Å². The van der Waals surface area contributed by atoms with Crippen LogP contribution in [-0.2, 0) is 57.8 Å². The Morgan fingerprint density at radius 2 is 1.32 bits per heavy atom. The Morgan fingerprint density at radius 1 is 0.750 bits per heavy atom. The molecule has 60 heavy (non-hydrogen) atoms. The molecule has 0 saturated carbocycles. The van der Waals surface area contributed by atoms with Crippen LogP contribution in [-0.4, -0.2) is 185 Å². The van der Waals surface area contributed by atoms with E-state index in [1.807, 2.05) is 11.8 Å². The van der Waals surface area contributed by atoms with Crippen molar-refractivity contribution in [2.75, 3.05) is 103 Å². The highest BCUT2D eigenvalue weighted by atomic mass is 33.1. The van der Waals surface area contributed by atoms with E-state index in [0.29, 0.717) is 89.1 Å². The van der Waals surface area contributed by atoms with Crippen molar-refractivity contribution < 1.29 is 65.5 Å². The molecule has 3 aliphatic heterocycles. The number of hydrogen-bond acceptors (Lipinski definition) is 16. The number of ether oxygens (including phenoxy) is 4. The Balaban J connectivity index is 1.02. The van der Waals surface area contributed by atoms with Gasteiger partial charge in [0.15, 0.2) is 5.25 Å². The van der Waals surface area contributed by atoms with Crippen molar-refractivity contribution in [1.82, 2.24) is 36.8 Å². The lowest BCUT2D eigenvalue weighted by atomic mass is 10.0. The second-order valence-electron chi connectivity index (χ2n) is 13.4. The first kappa shape index (κ1) is 51.2. The molecular formula is C35H57N7O14S4. The summed E-state index contributed by atoms with van der Waals surface area (Å²) in [6.07, 6.45) is 5.26. The van der Waals surface area contributed by atoms with E-state index in [-0.39, 0.29) is 55.9 Å². The fourth-order valence-corrected chi connectivity index (χ4v) is 9.90. The Bertz CT molecular complexity index is 1540. The molecule has 340 valence electrons. The second-order valence-corrected chi connectivity index (χ2v) is 19.0. The van der Waals surface area contributed by atoms with Crippen molar-refractivity contribution in [3.8, 4) is 0 Å². The van der Waals surface area contributed by atoms with Crippen LogP contribution in [0.2, 0.25) is 0 Å². The van der Waals surface area contributed by atoms with E-state index in [2.05, 4.69) is 31.9 Å². The molecule has 0 aliphatic carbocycles. The second kappa shape index (κ2) is 29.2. The number of nitrogens with one attached hydrogen (secondary N) is 6. The highest BCUT2D eigenvalue weighted by Crippen LogP contribution is 2.33. The van der Waals surface area contributed by atoms with Crippen molar-refractivity contribution in [3.63, 3.8) is 0 Å². The number of carbonyl (C=O) groups excluding carboxylic acids is 7. The number of rotatable bonds is 34. The minimum atomic E-state index is -4.85. The fraction of sp³-hybridized carbons (Fsp3) is 0.743. The number of thioether (sulfide) groups is 1. The molecule has 3 heterocycles. The van der Waals surface area contributed by atoms with Gasteiger partial charge in [-0.25, -0.2) is 4.79 Å². The zero-order valence-corrected chi connectivity index (χ0v) is 36.6. The Kier molecular flexibility index (Phi) is 24.9. The number of nitrogens with zero attached hydrogens (tertiary/aromatic N) is 1. The Morgan fingerprint density at radius 3 is 1.93 bits per heavy atom. The summed E-state index contributed by atoms with van der Waals surface area (Å²) in [6, 6.07) is 0.332. The van der Waals surface area contributed by atoms with E-state index in [0.717, 1.165) is 42.1 Å². The van der Waals surface area contributed by atoms with Crippen molar-refractivity contribution in [2.24, 2.45) is 0 Å². The van der Waals surface area contributed by atoms with Crippen LogP contribution in [0.25, 0.3) is 0 Å². The highest BCUT2D eigenvalue weighted by Gasteiger charge is 2.42. The van der Waals surface area contributed by atoms with Crippen LogP contribution in [0.5, 0.6) is 0 Å². The minimum absolute atomic E-state index is 0.00632. The molecular weight excluding hydrogens is 871 g/mol. The number of imide groups is 1. The van der Waals surface area contributed by atoms with Crippen LogP contribution in [0, 0.1) is 0 Å². The molecule has 2 unspecified atom stereocenters. The van der Waals surface area contributed by atoms with E-state index in [1.54, 1.807) is 0 Å². The number of hydrogen-bond donors (Lipinski definition) is 7. The van der Waals surface area contributed by atoms with Crippen LogP contribution >= 0.6 is 33.3 Å². The van der Waals surface area contributed by atoms with Crippen molar-refractivity contribution in [3.05, 3.63) is 12.2 Å². The lowest BCUT2D eigenvalue weighted by Gasteiger charge is -2.16. The zero-order chi connectivity index (χ0) is 43.6. The molecule has 3 aliphatic rings. The number of urea groups is 1. The van der Waals surface area contributed by atoms with Gasteiger partial charge in [0.1, 0.15) is 0 Å². The smallest absolute Gasteiger partial charge is 0.315 e. The number of amides is 8. The molecule has 25 heteroatoms. The molecule has 3 rings (SSSR count). The normalized spacial score (nSPS) is 18.9. The summed E-state index contributed by atoms with van der Waals surface area (Å²) in [4.78, 5) is 84.0. The maximum absolute atomic E-state index is 12.4. The van der Waals surface area contributed by atoms with E-state index in [9.17, 15) is 46.5 Å². The predicted octanol–water partition coefficient (Wildman–Crippen LogP) is -1.41. The van der Waals surface area contributed by atoms with Gasteiger partial charge in [-0.1, -0.05) is 28.0 Å². The highest BCUT2D eigenvalue weighted by molar-refractivity contribution is 8.76. The summed E-state index contributed by atoms with van der Waals surface area (Å²) in [7, 11) is -2.11. The minimum Gasteiger partial charge on any atom is -0.377 e. The molecule has 2 saturated heterocycles. The Labute approximate surface area is 361 Å². The van der Waals surface area contributed by atoms with Gasteiger partial charge in [0, 0.05) is 86.6 Å². The van der Waals surface area contributed by atoms with Crippen LogP contribution in [0.4, 0.5) is 4.79 Å². The van der Waals surface area contributed by atoms with Gasteiger partial charge in [-0.05, 0) is 12.8 Å². The molecule has 4 atom stereocenters. The van der Waals surface area contributed by atoms with Gasteiger partial charge in [-0.15, -0.1) is 0 Å². The molecule has 0 aromatic rings. The summed E-state index contributed by atoms with van der Waals surface area (Å²) < 4.78 is 54.8. The lowest BCUT2D eigenvalue weighted by Crippen LogP contribution is -2.47. The average molecular weight is 928 g/mol. The first-order chi connectivity index (χ1) is 28.8. The van der Waals surface area contributed by atoms with Gasteiger partial charge in [0.2, 0.25) is 23.6 Å². The molecule has 0 spiro atoms. The topological polar surface area (TPSA) is 286 Å². The summed E-state index contributed by atoms with van der Waals surface area (Å²) in [5, 5.41) is 14.6.